The molecule has 5 nitrogen and oxygen atoms in total. The molecule has 0 fully saturated rings. The van der Waals surface area contributed by atoms with Crippen molar-refractivity contribution in [2.24, 2.45) is 0 Å². The molecule has 1 N–H and O–H groups in total. The minimum atomic E-state index is -2.85. The zero-order chi connectivity index (χ0) is 26.2. The van der Waals surface area contributed by atoms with Crippen LogP contribution in [0.4, 0.5) is 0 Å². The molecule has 9 heteroatoms. The highest BCUT2D eigenvalue weighted by molar-refractivity contribution is 7.59. The molecule has 0 spiro atoms. The molecular formula is C23H54NO4PSi3. The number of carbonyl (C=O) groups excluding carboxylic acids is 1. The van der Waals surface area contributed by atoms with E-state index >= 15 is 0 Å². The largest absolute Gasteiger partial charge is 0.518 e. The second-order valence-electron chi connectivity index (χ2n) is 14.1. The summed E-state index contributed by atoms with van der Waals surface area (Å²) in [7, 11) is -9.26. The molecule has 0 aliphatic heterocycles. The van der Waals surface area contributed by atoms with E-state index in [1.54, 1.807) is 6.66 Å². The van der Waals surface area contributed by atoms with E-state index in [1.165, 1.54) is 0 Å². The number of nitrogens with one attached hydrogen (secondary N) is 1. The molecule has 2 unspecified atom stereocenters. The van der Waals surface area contributed by atoms with Gasteiger partial charge in [0.2, 0.25) is 8.32 Å². The van der Waals surface area contributed by atoms with Gasteiger partial charge in [-0.25, -0.2) is 0 Å². The Bertz CT molecular complexity index is 702. The zero-order valence-electron chi connectivity index (χ0n) is 24.1. The van der Waals surface area contributed by atoms with E-state index in [0.717, 1.165) is 0 Å². The SMILES string of the molecule is CC(C)(C)[Si](C)(C)NC(CCP(C)(=O)O[Si](C)(C)C(C)(C)C)C(=O)O[Si](C)(C)C(C)(C)C. The minimum Gasteiger partial charge on any atom is -0.518 e. The first-order chi connectivity index (χ1) is 13.7. The third kappa shape index (κ3) is 9.14. The van der Waals surface area contributed by atoms with Gasteiger partial charge in [-0.05, 0) is 47.7 Å². The maximum atomic E-state index is 13.5. The van der Waals surface area contributed by atoms with Crippen molar-refractivity contribution >= 4 is 38.2 Å². The maximum Gasteiger partial charge on any atom is 0.309 e. The van der Waals surface area contributed by atoms with Gasteiger partial charge in [-0.3, -0.25) is 9.36 Å². The van der Waals surface area contributed by atoms with Crippen LogP contribution in [0.5, 0.6) is 0 Å². The normalized spacial score (nSPS) is 17.6. The predicted molar refractivity (Wildman–Crippen MR) is 149 cm³/mol. The summed E-state index contributed by atoms with van der Waals surface area (Å²) in [5, 5.41) is -0.00947. The van der Waals surface area contributed by atoms with Gasteiger partial charge >= 0.3 is 5.97 Å². The number of hydrogen-bond donors (Lipinski definition) is 1. The third-order valence-electron chi connectivity index (χ3n) is 7.91. The number of rotatable bonds is 9. The zero-order valence-corrected chi connectivity index (χ0v) is 28.0. The lowest BCUT2D eigenvalue weighted by molar-refractivity contribution is -0.137. The van der Waals surface area contributed by atoms with Crippen molar-refractivity contribution in [3.63, 3.8) is 0 Å². The fourth-order valence-corrected chi connectivity index (χ4v) is 11.0. The Labute approximate surface area is 203 Å². The van der Waals surface area contributed by atoms with Crippen molar-refractivity contribution in [2.45, 2.75) is 129 Å². The first-order valence-electron chi connectivity index (χ1n) is 11.9. The smallest absolute Gasteiger partial charge is 0.309 e. The van der Waals surface area contributed by atoms with Crippen LogP contribution in [-0.4, -0.2) is 49.7 Å². The number of hydrogen-bond acceptors (Lipinski definition) is 5. The van der Waals surface area contributed by atoms with Gasteiger partial charge in [0.1, 0.15) is 8.24 Å². The molecule has 32 heavy (non-hydrogen) atoms. The van der Waals surface area contributed by atoms with Crippen LogP contribution in [0.15, 0.2) is 0 Å². The van der Waals surface area contributed by atoms with E-state index in [9.17, 15) is 9.36 Å². The molecule has 192 valence electrons. The topological polar surface area (TPSA) is 64.6 Å². The Morgan fingerprint density at radius 3 is 1.56 bits per heavy atom. The fourth-order valence-electron chi connectivity index (χ4n) is 2.41. The van der Waals surface area contributed by atoms with E-state index in [0.29, 0.717) is 12.6 Å². The van der Waals surface area contributed by atoms with Gasteiger partial charge < -0.3 is 13.6 Å². The molecule has 0 amide bonds. The van der Waals surface area contributed by atoms with Gasteiger partial charge in [0.15, 0.2) is 7.37 Å². The summed E-state index contributed by atoms with van der Waals surface area (Å²) in [5.74, 6) is -0.200. The number of carbonyl (C=O) groups is 1. The molecule has 0 saturated carbocycles. The van der Waals surface area contributed by atoms with Crippen molar-refractivity contribution in [3.05, 3.63) is 0 Å². The molecular weight excluding hydrogens is 469 g/mol. The average Bonchev–Trinajstić information content (AvgIpc) is 2.46. The predicted octanol–water partition coefficient (Wildman–Crippen LogP) is 7.82. The molecule has 0 aromatic rings. The Morgan fingerprint density at radius 1 is 0.812 bits per heavy atom. The van der Waals surface area contributed by atoms with Crippen LogP contribution in [0.1, 0.15) is 68.7 Å². The van der Waals surface area contributed by atoms with E-state index in [1.807, 2.05) is 0 Å². The molecule has 0 heterocycles. The van der Waals surface area contributed by atoms with Crippen LogP contribution in [0.25, 0.3) is 0 Å². The van der Waals surface area contributed by atoms with Crippen molar-refractivity contribution < 1.29 is 18.0 Å². The highest BCUT2D eigenvalue weighted by Gasteiger charge is 2.45. The molecule has 0 aromatic heterocycles. The second kappa shape index (κ2) is 10.1. The van der Waals surface area contributed by atoms with Gasteiger partial charge in [0.25, 0.3) is 8.32 Å². The summed E-state index contributed by atoms with van der Waals surface area (Å²) in [6, 6.07) is -0.471. The minimum absolute atomic E-state index is 0.0152. The Hall–Kier alpha value is 0.271. The Kier molecular flexibility index (Phi) is 10.2. The molecule has 0 aromatic carbocycles. The van der Waals surface area contributed by atoms with Gasteiger partial charge in [-0.2, -0.15) is 0 Å². The van der Waals surface area contributed by atoms with Crippen LogP contribution < -0.4 is 4.98 Å². The highest BCUT2D eigenvalue weighted by Crippen LogP contribution is 2.52. The van der Waals surface area contributed by atoms with E-state index in [-0.39, 0.29) is 21.1 Å². The molecule has 0 bridgehead atoms. The van der Waals surface area contributed by atoms with E-state index < -0.39 is 38.3 Å². The summed E-state index contributed by atoms with van der Waals surface area (Å²) in [4.78, 5) is 17.1. The summed E-state index contributed by atoms with van der Waals surface area (Å²) in [5.41, 5.74) is 0. The van der Waals surface area contributed by atoms with Crippen LogP contribution in [0, 0.1) is 0 Å². The maximum absolute atomic E-state index is 13.5. The van der Waals surface area contributed by atoms with Crippen LogP contribution in [0.2, 0.25) is 54.4 Å². The summed E-state index contributed by atoms with van der Waals surface area (Å²) in [6.07, 6.45) is 0.834. The van der Waals surface area contributed by atoms with Gasteiger partial charge in [-0.1, -0.05) is 75.4 Å². The Balaban J connectivity index is 5.78. The van der Waals surface area contributed by atoms with Crippen molar-refractivity contribution in [2.75, 3.05) is 12.8 Å². The lowest BCUT2D eigenvalue weighted by atomic mass is 10.2. The molecule has 0 aliphatic carbocycles. The summed E-state index contributed by atoms with van der Waals surface area (Å²) >= 11 is 0. The molecule has 0 rings (SSSR count). The van der Waals surface area contributed by atoms with E-state index in [2.05, 4.69) is 107 Å². The van der Waals surface area contributed by atoms with Crippen LogP contribution >= 0.6 is 7.37 Å². The molecule has 2 atom stereocenters. The van der Waals surface area contributed by atoms with Crippen molar-refractivity contribution in [1.82, 2.24) is 4.98 Å². The fraction of sp³-hybridized carbons (Fsp3) is 0.957. The first-order valence-corrected chi connectivity index (χ1v) is 23.0. The van der Waals surface area contributed by atoms with E-state index in [4.69, 9.17) is 8.64 Å². The van der Waals surface area contributed by atoms with Gasteiger partial charge in [0, 0.05) is 12.8 Å². The van der Waals surface area contributed by atoms with Gasteiger partial charge in [-0.15, -0.1) is 0 Å². The summed E-state index contributed by atoms with van der Waals surface area (Å²) < 4.78 is 26.0. The summed E-state index contributed by atoms with van der Waals surface area (Å²) in [6.45, 7) is 34.2. The van der Waals surface area contributed by atoms with Crippen molar-refractivity contribution in [3.8, 4) is 0 Å². The lowest BCUT2D eigenvalue weighted by Gasteiger charge is -2.42. The van der Waals surface area contributed by atoms with Crippen molar-refractivity contribution in [1.29, 1.82) is 0 Å². The standard InChI is InChI=1S/C23H54NO4PSi3/c1-21(2,3)30(11,12)24-19(20(25)27-31(13,14)22(4,5)6)17-18-29(10,26)28-32(15,16)23(7,8)9/h19,24H,17-18H2,1-16H3. The second-order valence-corrected chi connectivity index (χ2v) is 31.6. The average molecular weight is 524 g/mol. The molecule has 0 saturated heterocycles. The van der Waals surface area contributed by atoms with Crippen LogP contribution in [-0.2, 0) is 18.0 Å². The van der Waals surface area contributed by atoms with Gasteiger partial charge in [0.05, 0.1) is 6.04 Å². The monoisotopic (exact) mass is 523 g/mol. The third-order valence-corrected chi connectivity index (χ3v) is 25.1. The highest BCUT2D eigenvalue weighted by atomic mass is 31.2. The quantitative estimate of drug-likeness (QED) is 0.246. The Morgan fingerprint density at radius 2 is 1.22 bits per heavy atom. The molecule has 0 aliphatic rings. The molecule has 0 radical (unpaired) electrons. The first kappa shape index (κ1) is 32.3. The lowest BCUT2D eigenvalue weighted by Crippen LogP contribution is -2.60. The van der Waals surface area contributed by atoms with Crippen LogP contribution in [0.3, 0.4) is 0 Å².